The molecule has 0 bridgehead atoms. The van der Waals surface area contributed by atoms with Crippen molar-refractivity contribution in [2.75, 3.05) is 0 Å². The molecule has 0 amide bonds. The van der Waals surface area contributed by atoms with Gasteiger partial charge in [0.05, 0.1) is 5.56 Å². The van der Waals surface area contributed by atoms with Gasteiger partial charge in [-0.25, -0.2) is 4.79 Å². The van der Waals surface area contributed by atoms with Crippen LogP contribution in [0.2, 0.25) is 0 Å². The molecule has 0 saturated carbocycles. The van der Waals surface area contributed by atoms with Crippen LogP contribution >= 0.6 is 0 Å². The maximum absolute atomic E-state index is 12.1. The molecule has 24 heavy (non-hydrogen) atoms. The van der Waals surface area contributed by atoms with Crippen molar-refractivity contribution in [3.8, 4) is 5.75 Å². The third-order valence-electron chi connectivity index (χ3n) is 3.24. The second kappa shape index (κ2) is 8.02. The molecule has 0 atom stereocenters. The van der Waals surface area contributed by atoms with Crippen LogP contribution in [0.25, 0.3) is 6.08 Å². The van der Waals surface area contributed by atoms with E-state index in [1.807, 2.05) is 0 Å². The summed E-state index contributed by atoms with van der Waals surface area (Å²) in [6, 6.07) is 13.6. The lowest BCUT2D eigenvalue weighted by Gasteiger charge is -2.05. The Morgan fingerprint density at radius 1 is 0.917 bits per heavy atom. The van der Waals surface area contributed by atoms with Gasteiger partial charge in [-0.3, -0.25) is 9.59 Å². The van der Waals surface area contributed by atoms with Gasteiger partial charge in [0.15, 0.2) is 5.78 Å². The van der Waals surface area contributed by atoms with E-state index in [2.05, 4.69) is 0 Å². The van der Waals surface area contributed by atoms with Crippen molar-refractivity contribution in [3.63, 3.8) is 0 Å². The smallest absolute Gasteiger partial charge is 0.343 e. The van der Waals surface area contributed by atoms with Crippen molar-refractivity contribution >= 4 is 23.6 Å². The Labute approximate surface area is 140 Å². The first kappa shape index (κ1) is 17.3. The van der Waals surface area contributed by atoms with Crippen molar-refractivity contribution < 1.29 is 19.1 Å². The first-order valence-electron chi connectivity index (χ1n) is 7.53. The number of ketones is 2. The van der Waals surface area contributed by atoms with Gasteiger partial charge in [0, 0.05) is 6.42 Å². The van der Waals surface area contributed by atoms with Gasteiger partial charge in [0.25, 0.3) is 0 Å². The molecule has 2 aromatic carbocycles. The molecule has 0 aliphatic rings. The molecular formula is C20H18O4. The van der Waals surface area contributed by atoms with E-state index in [0.29, 0.717) is 17.7 Å². The summed E-state index contributed by atoms with van der Waals surface area (Å²) in [5.41, 5.74) is 2.13. The summed E-state index contributed by atoms with van der Waals surface area (Å²) in [6.07, 6.45) is 3.52. The standard InChI is InChI=1S/C20H18O4/c1-14(21)3-4-16-7-11-19(12-8-16)24-20(23)18-9-5-17(6-10-18)13-15(2)22/h3-12H,13H2,1-2H3/b4-3+. The monoisotopic (exact) mass is 322 g/mol. The van der Waals surface area contributed by atoms with Gasteiger partial charge in [-0.05, 0) is 55.3 Å². The molecule has 0 spiro atoms. The minimum atomic E-state index is -0.462. The Bertz CT molecular complexity index is 768. The number of carbonyl (C=O) groups excluding carboxylic acids is 3. The van der Waals surface area contributed by atoms with Crippen molar-refractivity contribution in [2.24, 2.45) is 0 Å². The summed E-state index contributed by atoms with van der Waals surface area (Å²) in [5, 5.41) is 0. The molecule has 4 heteroatoms. The second-order valence-corrected chi connectivity index (χ2v) is 5.48. The number of carbonyl (C=O) groups is 3. The zero-order chi connectivity index (χ0) is 17.5. The van der Waals surface area contributed by atoms with Crippen LogP contribution in [0.3, 0.4) is 0 Å². The van der Waals surface area contributed by atoms with E-state index in [-0.39, 0.29) is 11.6 Å². The zero-order valence-electron chi connectivity index (χ0n) is 13.6. The molecule has 0 N–H and O–H groups in total. The van der Waals surface area contributed by atoms with Crippen LogP contribution in [-0.2, 0) is 16.0 Å². The first-order valence-corrected chi connectivity index (χ1v) is 7.53. The Morgan fingerprint density at radius 3 is 2.08 bits per heavy atom. The average Bonchev–Trinajstić information content (AvgIpc) is 2.54. The maximum Gasteiger partial charge on any atom is 0.343 e. The van der Waals surface area contributed by atoms with Crippen molar-refractivity contribution in [3.05, 3.63) is 71.3 Å². The Morgan fingerprint density at radius 2 is 1.54 bits per heavy atom. The highest BCUT2D eigenvalue weighted by atomic mass is 16.5. The third-order valence-corrected chi connectivity index (χ3v) is 3.24. The highest BCUT2D eigenvalue weighted by molar-refractivity contribution is 5.92. The van der Waals surface area contributed by atoms with Crippen LogP contribution in [0.15, 0.2) is 54.6 Å². The van der Waals surface area contributed by atoms with Crippen LogP contribution in [0.4, 0.5) is 0 Å². The average molecular weight is 322 g/mol. The normalized spacial score (nSPS) is 10.6. The summed E-state index contributed by atoms with van der Waals surface area (Å²) in [6.45, 7) is 3.01. The molecule has 0 aliphatic heterocycles. The van der Waals surface area contributed by atoms with Crippen molar-refractivity contribution in [1.82, 2.24) is 0 Å². The second-order valence-electron chi connectivity index (χ2n) is 5.48. The number of hydrogen-bond donors (Lipinski definition) is 0. The molecule has 0 aliphatic carbocycles. The maximum atomic E-state index is 12.1. The lowest BCUT2D eigenvalue weighted by Crippen LogP contribution is -2.08. The zero-order valence-corrected chi connectivity index (χ0v) is 13.6. The van der Waals surface area contributed by atoms with E-state index in [4.69, 9.17) is 4.74 Å². The summed E-state index contributed by atoms with van der Waals surface area (Å²) < 4.78 is 5.31. The molecule has 0 aromatic heterocycles. The lowest BCUT2D eigenvalue weighted by atomic mass is 10.1. The van der Waals surface area contributed by atoms with E-state index >= 15 is 0 Å². The number of rotatable bonds is 6. The number of esters is 1. The van der Waals surface area contributed by atoms with E-state index < -0.39 is 5.97 Å². The van der Waals surface area contributed by atoms with Crippen LogP contribution in [0, 0.1) is 0 Å². The van der Waals surface area contributed by atoms with Crippen LogP contribution in [-0.4, -0.2) is 17.5 Å². The number of hydrogen-bond acceptors (Lipinski definition) is 4. The van der Waals surface area contributed by atoms with E-state index in [0.717, 1.165) is 11.1 Å². The number of Topliss-reactive ketones (excluding diaryl/α,β-unsaturated/α-hetero) is 1. The van der Waals surface area contributed by atoms with E-state index in [1.165, 1.54) is 19.9 Å². The van der Waals surface area contributed by atoms with E-state index in [1.54, 1.807) is 54.6 Å². The third kappa shape index (κ3) is 5.32. The molecule has 122 valence electrons. The molecule has 0 heterocycles. The van der Waals surface area contributed by atoms with E-state index in [9.17, 15) is 14.4 Å². The van der Waals surface area contributed by atoms with Gasteiger partial charge in [-0.1, -0.05) is 30.3 Å². The molecule has 2 rings (SSSR count). The quantitative estimate of drug-likeness (QED) is 0.463. The fourth-order valence-corrected chi connectivity index (χ4v) is 2.07. The molecule has 4 nitrogen and oxygen atoms in total. The van der Waals surface area contributed by atoms with Gasteiger partial charge in [-0.2, -0.15) is 0 Å². The van der Waals surface area contributed by atoms with Crippen molar-refractivity contribution in [1.29, 1.82) is 0 Å². The fourth-order valence-electron chi connectivity index (χ4n) is 2.07. The van der Waals surface area contributed by atoms with Gasteiger partial charge in [0.1, 0.15) is 11.5 Å². The largest absolute Gasteiger partial charge is 0.423 e. The first-order chi connectivity index (χ1) is 11.4. The van der Waals surface area contributed by atoms with Gasteiger partial charge in [0.2, 0.25) is 0 Å². The summed E-state index contributed by atoms with van der Waals surface area (Å²) in [7, 11) is 0. The fraction of sp³-hybridized carbons (Fsp3) is 0.150. The van der Waals surface area contributed by atoms with Crippen LogP contribution in [0.5, 0.6) is 5.75 Å². The number of benzene rings is 2. The molecule has 0 radical (unpaired) electrons. The van der Waals surface area contributed by atoms with Gasteiger partial charge >= 0.3 is 5.97 Å². The Balaban J connectivity index is 2.01. The minimum absolute atomic E-state index is 0.0290. The molecule has 2 aromatic rings. The van der Waals surface area contributed by atoms with Gasteiger partial charge < -0.3 is 4.74 Å². The number of allylic oxidation sites excluding steroid dienone is 1. The van der Waals surface area contributed by atoms with Crippen molar-refractivity contribution in [2.45, 2.75) is 20.3 Å². The summed E-state index contributed by atoms with van der Waals surface area (Å²) >= 11 is 0. The molecule has 0 fully saturated rings. The highest BCUT2D eigenvalue weighted by Gasteiger charge is 2.09. The minimum Gasteiger partial charge on any atom is -0.423 e. The predicted octanol–water partition coefficient (Wildman–Crippen LogP) is 3.64. The molecule has 0 unspecified atom stereocenters. The SMILES string of the molecule is CC(=O)/C=C/c1ccc(OC(=O)c2ccc(CC(C)=O)cc2)cc1. The lowest BCUT2D eigenvalue weighted by molar-refractivity contribution is -0.116. The topological polar surface area (TPSA) is 60.4 Å². The summed E-state index contributed by atoms with van der Waals surface area (Å²) in [4.78, 5) is 34.1. The predicted molar refractivity (Wildman–Crippen MR) is 91.9 cm³/mol. The molecular weight excluding hydrogens is 304 g/mol. The van der Waals surface area contributed by atoms with Crippen LogP contribution < -0.4 is 4.74 Å². The van der Waals surface area contributed by atoms with Crippen LogP contribution in [0.1, 0.15) is 35.3 Å². The Hall–Kier alpha value is -3.01. The number of ether oxygens (including phenoxy) is 1. The highest BCUT2D eigenvalue weighted by Crippen LogP contribution is 2.16. The Kier molecular flexibility index (Phi) is 5.79. The summed E-state index contributed by atoms with van der Waals surface area (Å²) in [5.74, 6) is 0.00662. The van der Waals surface area contributed by atoms with Gasteiger partial charge in [-0.15, -0.1) is 0 Å². The molecule has 0 saturated heterocycles.